The monoisotopic (exact) mass is 536 g/mol. The lowest BCUT2D eigenvalue weighted by Crippen LogP contribution is -2.24. The van der Waals surface area contributed by atoms with Crippen molar-refractivity contribution in [3.05, 3.63) is 95.6 Å². The van der Waals surface area contributed by atoms with Crippen LogP contribution in [-0.2, 0) is 18.5 Å². The van der Waals surface area contributed by atoms with Gasteiger partial charge in [-0.2, -0.15) is 39.5 Å². The van der Waals surface area contributed by atoms with Crippen LogP contribution in [-0.4, -0.2) is 10.2 Å². The molecule has 0 aliphatic rings. The van der Waals surface area contributed by atoms with Crippen LogP contribution in [0.2, 0.25) is 0 Å². The molecule has 0 saturated carbocycles. The van der Waals surface area contributed by atoms with Crippen LogP contribution in [0.5, 0.6) is 0 Å². The Labute approximate surface area is 208 Å². The van der Waals surface area contributed by atoms with E-state index in [0.29, 0.717) is 22.4 Å². The Kier molecular flexibility index (Phi) is 5.85. The van der Waals surface area contributed by atoms with E-state index in [4.69, 9.17) is 0 Å². The average molecular weight is 536 g/mol. The maximum Gasteiger partial charge on any atom is 0.417 e. The number of hydrogen-bond acceptors (Lipinski definition) is 2. The molecule has 0 amide bonds. The van der Waals surface area contributed by atoms with Crippen LogP contribution in [0.25, 0.3) is 44.1 Å². The van der Waals surface area contributed by atoms with E-state index in [1.54, 1.807) is 60.7 Å². The average Bonchev–Trinajstić information content (AvgIpc) is 2.85. The fraction of sp³-hybridized carbons (Fsp3) is 0.111. The Morgan fingerprint density at radius 2 is 0.974 bits per heavy atom. The zero-order valence-electron chi connectivity index (χ0n) is 18.8. The summed E-state index contributed by atoms with van der Waals surface area (Å²) in [7, 11) is 0. The van der Waals surface area contributed by atoms with Gasteiger partial charge in [-0.25, -0.2) is 0 Å². The fourth-order valence-electron chi connectivity index (χ4n) is 4.47. The number of fused-ring (bicyclic) bond motifs is 2. The van der Waals surface area contributed by atoms with Gasteiger partial charge in [-0.3, -0.25) is 0 Å². The second-order valence-corrected chi connectivity index (χ2v) is 8.41. The first-order valence-corrected chi connectivity index (χ1v) is 10.9. The van der Waals surface area contributed by atoms with Crippen molar-refractivity contribution < 1.29 is 39.5 Å². The normalized spacial score (nSPS) is 12.9. The molecule has 194 valence electrons. The lowest BCUT2D eigenvalue weighted by Gasteiger charge is -2.23. The fourth-order valence-corrected chi connectivity index (χ4v) is 4.47. The third kappa shape index (κ3) is 4.42. The quantitative estimate of drug-likeness (QED) is 0.166. The van der Waals surface area contributed by atoms with Crippen molar-refractivity contribution in [1.82, 2.24) is 10.2 Å². The van der Waals surface area contributed by atoms with Crippen molar-refractivity contribution in [3.8, 4) is 22.5 Å². The summed E-state index contributed by atoms with van der Waals surface area (Å²) in [5, 5.41) is 9.33. The van der Waals surface area contributed by atoms with E-state index in [2.05, 4.69) is 10.2 Å². The lowest BCUT2D eigenvalue weighted by atomic mass is 9.90. The Morgan fingerprint density at radius 3 is 1.50 bits per heavy atom. The zero-order chi connectivity index (χ0) is 27.5. The molecule has 2 nitrogen and oxygen atoms in total. The molecular formula is C27H13F9N2. The summed E-state index contributed by atoms with van der Waals surface area (Å²) >= 11 is 0. The maximum atomic E-state index is 14.2. The van der Waals surface area contributed by atoms with Gasteiger partial charge >= 0.3 is 18.5 Å². The van der Waals surface area contributed by atoms with E-state index in [1.165, 1.54) is 6.07 Å². The second-order valence-electron chi connectivity index (χ2n) is 8.41. The minimum atomic E-state index is -5.97. The van der Waals surface area contributed by atoms with Gasteiger partial charge in [0.15, 0.2) is 0 Å². The summed E-state index contributed by atoms with van der Waals surface area (Å²) in [6.45, 7) is 0. The van der Waals surface area contributed by atoms with E-state index in [0.717, 1.165) is 0 Å². The molecule has 38 heavy (non-hydrogen) atoms. The SMILES string of the molecule is FC(F)(F)c1ccc(-c2nnc(-c3ccccc3)c3cc4ccccc4cc23)c(C(F)(F)F)c1C(F)(F)F. The zero-order valence-corrected chi connectivity index (χ0v) is 18.8. The highest BCUT2D eigenvalue weighted by Crippen LogP contribution is 2.50. The number of rotatable bonds is 2. The predicted octanol–water partition coefficient (Wildman–Crippen LogP) is 9.17. The molecule has 0 unspecified atom stereocenters. The predicted molar refractivity (Wildman–Crippen MR) is 123 cm³/mol. The summed E-state index contributed by atoms with van der Waals surface area (Å²) in [4.78, 5) is 0. The first kappa shape index (κ1) is 25.5. The van der Waals surface area contributed by atoms with Gasteiger partial charge in [0.05, 0.1) is 16.7 Å². The van der Waals surface area contributed by atoms with Crippen LogP contribution in [0, 0.1) is 0 Å². The van der Waals surface area contributed by atoms with Gasteiger partial charge in [0, 0.05) is 21.9 Å². The first-order valence-electron chi connectivity index (χ1n) is 10.9. The smallest absolute Gasteiger partial charge is 0.166 e. The molecule has 0 aliphatic heterocycles. The van der Waals surface area contributed by atoms with Crippen LogP contribution in [0.4, 0.5) is 39.5 Å². The largest absolute Gasteiger partial charge is 0.417 e. The molecule has 1 aromatic heterocycles. The standard InChI is InChI=1S/C27H13F9N2/c28-25(29,30)20-11-10-17(21(26(31,32)33)22(20)27(34,35)36)24-19-13-16-9-5-4-8-15(16)12-18(19)23(37-38-24)14-6-2-1-3-7-14/h1-13H. The van der Waals surface area contributed by atoms with Crippen LogP contribution in [0.3, 0.4) is 0 Å². The molecule has 1 heterocycles. The number of benzene rings is 4. The highest BCUT2D eigenvalue weighted by atomic mass is 19.4. The summed E-state index contributed by atoms with van der Waals surface area (Å²) in [5.74, 6) is 0. The second kappa shape index (κ2) is 8.71. The highest BCUT2D eigenvalue weighted by Gasteiger charge is 2.51. The van der Waals surface area contributed by atoms with E-state index >= 15 is 0 Å². The third-order valence-electron chi connectivity index (χ3n) is 6.03. The van der Waals surface area contributed by atoms with Crippen molar-refractivity contribution in [3.63, 3.8) is 0 Å². The van der Waals surface area contributed by atoms with Gasteiger partial charge in [-0.05, 0) is 29.0 Å². The topological polar surface area (TPSA) is 25.8 Å². The molecule has 0 saturated heterocycles. The van der Waals surface area contributed by atoms with Crippen LogP contribution in [0.1, 0.15) is 16.7 Å². The van der Waals surface area contributed by atoms with Crippen molar-refractivity contribution in [2.75, 3.05) is 0 Å². The van der Waals surface area contributed by atoms with Gasteiger partial charge in [-0.15, -0.1) is 10.2 Å². The van der Waals surface area contributed by atoms with Gasteiger partial charge < -0.3 is 0 Å². The van der Waals surface area contributed by atoms with Gasteiger partial charge in [-0.1, -0.05) is 60.7 Å². The minimum Gasteiger partial charge on any atom is -0.166 e. The third-order valence-corrected chi connectivity index (χ3v) is 6.03. The van der Waals surface area contributed by atoms with Crippen molar-refractivity contribution in [2.24, 2.45) is 0 Å². The number of aromatic nitrogens is 2. The Bertz CT molecular complexity index is 1670. The van der Waals surface area contributed by atoms with Crippen molar-refractivity contribution in [2.45, 2.75) is 18.5 Å². The number of hydrogen-bond donors (Lipinski definition) is 0. The summed E-state index contributed by atoms with van der Waals surface area (Å²) in [6, 6.07) is 18.6. The van der Waals surface area contributed by atoms with E-state index < -0.39 is 46.5 Å². The number of halogens is 9. The van der Waals surface area contributed by atoms with Gasteiger partial charge in [0.25, 0.3) is 0 Å². The van der Waals surface area contributed by atoms with Crippen LogP contribution >= 0.6 is 0 Å². The van der Waals surface area contributed by atoms with E-state index in [9.17, 15) is 39.5 Å². The van der Waals surface area contributed by atoms with Crippen molar-refractivity contribution >= 4 is 21.5 Å². The number of alkyl halides is 9. The molecule has 5 rings (SSSR count). The minimum absolute atomic E-state index is 0.00376. The van der Waals surface area contributed by atoms with Crippen molar-refractivity contribution in [1.29, 1.82) is 0 Å². The Morgan fingerprint density at radius 1 is 0.474 bits per heavy atom. The lowest BCUT2D eigenvalue weighted by molar-refractivity contribution is -0.174. The molecule has 0 radical (unpaired) electrons. The first-order chi connectivity index (χ1) is 17.8. The van der Waals surface area contributed by atoms with Crippen LogP contribution in [0.15, 0.2) is 78.9 Å². The summed E-state index contributed by atoms with van der Waals surface area (Å²) in [6.07, 6.45) is -17.5. The summed E-state index contributed by atoms with van der Waals surface area (Å²) in [5.41, 5.74) is -8.75. The molecule has 0 aliphatic carbocycles. The maximum absolute atomic E-state index is 14.2. The van der Waals surface area contributed by atoms with Gasteiger partial charge in [0.1, 0.15) is 11.4 Å². The molecule has 5 aromatic rings. The molecule has 4 aromatic carbocycles. The molecule has 11 heteroatoms. The van der Waals surface area contributed by atoms with E-state index in [1.807, 2.05) is 0 Å². The highest BCUT2D eigenvalue weighted by molar-refractivity contribution is 6.08. The number of nitrogens with zero attached hydrogens (tertiary/aromatic N) is 2. The van der Waals surface area contributed by atoms with E-state index in [-0.39, 0.29) is 22.5 Å². The molecule has 0 bridgehead atoms. The Hall–Kier alpha value is -4.15. The summed E-state index contributed by atoms with van der Waals surface area (Å²) < 4.78 is 124. The van der Waals surface area contributed by atoms with Crippen LogP contribution < -0.4 is 0 Å². The van der Waals surface area contributed by atoms with Gasteiger partial charge in [0.2, 0.25) is 0 Å². The molecule has 0 atom stereocenters. The molecule has 0 N–H and O–H groups in total. The molecule has 0 fully saturated rings. The Balaban J connectivity index is 1.94. The molecular weight excluding hydrogens is 523 g/mol. The molecule has 0 spiro atoms.